The number of nitrogens with zero attached hydrogens (tertiary/aromatic N) is 2. The number of sulfonamides is 1. The first kappa shape index (κ1) is 34.7. The van der Waals surface area contributed by atoms with Gasteiger partial charge in [-0.1, -0.05) is 77.8 Å². The Morgan fingerprint density at radius 2 is 1.52 bits per heavy atom. The predicted octanol–water partition coefficient (Wildman–Crippen LogP) is 6.85. The average Bonchev–Trinajstić information content (AvgIpc) is 2.98. The van der Waals surface area contributed by atoms with Crippen molar-refractivity contribution in [3.05, 3.63) is 130 Å². The molecule has 1 atom stereocenters. The Morgan fingerprint density at radius 1 is 0.891 bits per heavy atom. The quantitative estimate of drug-likeness (QED) is 0.190. The Hall–Kier alpha value is -4.21. The molecule has 0 aromatic heterocycles. The monoisotopic (exact) mass is 663 g/mol. The van der Waals surface area contributed by atoms with Crippen molar-refractivity contribution in [2.45, 2.75) is 64.1 Å². The average molecular weight is 664 g/mol. The first-order chi connectivity index (χ1) is 21.7. The van der Waals surface area contributed by atoms with Gasteiger partial charge in [0.05, 0.1) is 10.6 Å². The SMILES string of the molecule is Cc1ccc(S(=O)(=O)N(CC(=O)N(Cc2ccccc2F)[C@H](Cc2ccccc2)C(=O)NC(C)(C)C)c2ccc(Cl)cc2C)cc1. The highest BCUT2D eigenvalue weighted by Gasteiger charge is 2.36. The summed E-state index contributed by atoms with van der Waals surface area (Å²) >= 11 is 6.21. The summed E-state index contributed by atoms with van der Waals surface area (Å²) in [6.07, 6.45) is 0.119. The molecule has 0 aliphatic rings. The molecule has 0 fully saturated rings. The van der Waals surface area contributed by atoms with Crippen LogP contribution >= 0.6 is 11.6 Å². The lowest BCUT2D eigenvalue weighted by Crippen LogP contribution is -2.56. The fourth-order valence-electron chi connectivity index (χ4n) is 5.07. The zero-order valence-electron chi connectivity index (χ0n) is 26.6. The number of carbonyl (C=O) groups is 2. The van der Waals surface area contributed by atoms with Crippen LogP contribution in [0.4, 0.5) is 10.1 Å². The van der Waals surface area contributed by atoms with Gasteiger partial charge in [-0.3, -0.25) is 13.9 Å². The fourth-order valence-corrected chi connectivity index (χ4v) is 6.77. The minimum absolute atomic E-state index is 0.00721. The fraction of sp³-hybridized carbons (Fsp3) is 0.278. The molecule has 46 heavy (non-hydrogen) atoms. The standard InChI is InChI=1S/C36H39ClFN3O4S/c1-25-15-18-30(19-16-25)46(44,45)41(32-20-17-29(37)21-26(32)2)24-34(42)40(23-28-13-9-10-14-31(28)38)33(35(43)39-36(3,4)5)22-27-11-7-6-8-12-27/h6-21,33H,22-24H2,1-5H3,(H,39,43)/t33-/m1/s1. The molecular formula is C36H39ClFN3O4S. The molecule has 7 nitrogen and oxygen atoms in total. The molecule has 1 N–H and O–H groups in total. The van der Waals surface area contributed by atoms with Crippen molar-refractivity contribution < 1.29 is 22.4 Å². The second-order valence-corrected chi connectivity index (χ2v) is 14.6. The lowest BCUT2D eigenvalue weighted by Gasteiger charge is -2.35. The van der Waals surface area contributed by atoms with Gasteiger partial charge in [0.25, 0.3) is 10.0 Å². The number of nitrogens with one attached hydrogen (secondary N) is 1. The normalized spacial score (nSPS) is 12.3. The van der Waals surface area contributed by atoms with Crippen LogP contribution in [0.2, 0.25) is 5.02 Å². The van der Waals surface area contributed by atoms with Gasteiger partial charge >= 0.3 is 0 Å². The van der Waals surface area contributed by atoms with Gasteiger partial charge in [-0.2, -0.15) is 0 Å². The molecule has 0 spiro atoms. The zero-order valence-corrected chi connectivity index (χ0v) is 28.2. The molecule has 0 saturated carbocycles. The molecule has 0 bridgehead atoms. The minimum Gasteiger partial charge on any atom is -0.350 e. The molecule has 4 aromatic carbocycles. The Labute approximate surface area is 276 Å². The molecule has 2 amide bonds. The summed E-state index contributed by atoms with van der Waals surface area (Å²) in [5.41, 5.74) is 1.98. The van der Waals surface area contributed by atoms with Crippen molar-refractivity contribution in [2.24, 2.45) is 0 Å². The molecule has 0 unspecified atom stereocenters. The highest BCUT2D eigenvalue weighted by atomic mass is 35.5. The smallest absolute Gasteiger partial charge is 0.264 e. The minimum atomic E-state index is -4.28. The van der Waals surface area contributed by atoms with E-state index in [2.05, 4.69) is 5.32 Å². The van der Waals surface area contributed by atoms with Gasteiger partial charge in [0.15, 0.2) is 0 Å². The first-order valence-corrected chi connectivity index (χ1v) is 16.7. The summed E-state index contributed by atoms with van der Waals surface area (Å²) < 4.78 is 44.5. The van der Waals surface area contributed by atoms with Crippen molar-refractivity contribution in [3.8, 4) is 0 Å². The second kappa shape index (κ2) is 14.5. The van der Waals surface area contributed by atoms with Gasteiger partial charge in [-0.25, -0.2) is 12.8 Å². The van der Waals surface area contributed by atoms with Crippen LogP contribution in [-0.2, 0) is 32.6 Å². The summed E-state index contributed by atoms with van der Waals surface area (Å²) in [5.74, 6) is -1.68. The van der Waals surface area contributed by atoms with Crippen LogP contribution in [0.1, 0.15) is 43.0 Å². The van der Waals surface area contributed by atoms with E-state index in [0.717, 1.165) is 15.4 Å². The van der Waals surface area contributed by atoms with Crippen LogP contribution in [0, 0.1) is 19.7 Å². The third kappa shape index (κ3) is 8.73. The summed E-state index contributed by atoms with van der Waals surface area (Å²) in [6.45, 7) is 8.11. The topological polar surface area (TPSA) is 86.8 Å². The number of hydrogen-bond donors (Lipinski definition) is 1. The van der Waals surface area contributed by atoms with E-state index in [1.165, 1.54) is 29.2 Å². The largest absolute Gasteiger partial charge is 0.350 e. The number of carbonyl (C=O) groups excluding carboxylic acids is 2. The molecule has 242 valence electrons. The summed E-state index contributed by atoms with van der Waals surface area (Å²) in [6, 6.07) is 25.2. The van der Waals surface area contributed by atoms with Crippen molar-refractivity contribution in [1.82, 2.24) is 10.2 Å². The summed E-state index contributed by atoms with van der Waals surface area (Å²) in [7, 11) is -4.28. The maximum atomic E-state index is 15.1. The van der Waals surface area contributed by atoms with Gasteiger partial charge in [-0.05, 0) is 82.1 Å². The molecular weight excluding hydrogens is 625 g/mol. The molecule has 10 heteroatoms. The Morgan fingerprint density at radius 3 is 2.13 bits per heavy atom. The number of hydrogen-bond acceptors (Lipinski definition) is 4. The number of rotatable bonds is 11. The molecule has 4 aromatic rings. The van der Waals surface area contributed by atoms with Crippen LogP contribution in [-0.4, -0.2) is 43.3 Å². The Bertz CT molecular complexity index is 1790. The number of aryl methyl sites for hydroxylation is 2. The second-order valence-electron chi connectivity index (χ2n) is 12.3. The van der Waals surface area contributed by atoms with E-state index >= 15 is 4.39 Å². The van der Waals surface area contributed by atoms with Crippen molar-refractivity contribution in [3.63, 3.8) is 0 Å². The van der Waals surface area contributed by atoms with Gasteiger partial charge in [-0.15, -0.1) is 0 Å². The number of halogens is 2. The van der Waals surface area contributed by atoms with Crippen LogP contribution in [0.15, 0.2) is 102 Å². The van der Waals surface area contributed by atoms with Gasteiger partial charge < -0.3 is 10.2 Å². The molecule has 0 saturated heterocycles. The summed E-state index contributed by atoms with van der Waals surface area (Å²) in [5, 5.41) is 3.37. The summed E-state index contributed by atoms with van der Waals surface area (Å²) in [4.78, 5) is 29.7. The van der Waals surface area contributed by atoms with Gasteiger partial charge in [0, 0.05) is 29.1 Å². The number of benzene rings is 4. The number of amides is 2. The molecule has 4 rings (SSSR count). The zero-order chi connectivity index (χ0) is 33.6. The van der Waals surface area contributed by atoms with E-state index < -0.39 is 45.8 Å². The van der Waals surface area contributed by atoms with Crippen molar-refractivity contribution in [2.75, 3.05) is 10.8 Å². The van der Waals surface area contributed by atoms with Crippen LogP contribution < -0.4 is 9.62 Å². The third-order valence-electron chi connectivity index (χ3n) is 7.38. The van der Waals surface area contributed by atoms with Crippen molar-refractivity contribution in [1.29, 1.82) is 0 Å². The van der Waals surface area contributed by atoms with Crippen LogP contribution in [0.25, 0.3) is 0 Å². The van der Waals surface area contributed by atoms with Crippen LogP contribution in [0.5, 0.6) is 0 Å². The third-order valence-corrected chi connectivity index (χ3v) is 9.39. The van der Waals surface area contributed by atoms with E-state index in [0.29, 0.717) is 10.6 Å². The highest BCUT2D eigenvalue weighted by Crippen LogP contribution is 2.30. The van der Waals surface area contributed by atoms with Crippen molar-refractivity contribution >= 4 is 39.1 Å². The lowest BCUT2D eigenvalue weighted by atomic mass is 10.0. The van der Waals surface area contributed by atoms with E-state index in [4.69, 9.17) is 11.6 Å². The molecule has 0 radical (unpaired) electrons. The Kier molecular flexibility index (Phi) is 10.9. The first-order valence-electron chi connectivity index (χ1n) is 14.9. The van der Waals surface area contributed by atoms with Crippen LogP contribution in [0.3, 0.4) is 0 Å². The maximum Gasteiger partial charge on any atom is 0.264 e. The maximum absolute atomic E-state index is 15.1. The number of anilines is 1. The van der Waals surface area contributed by atoms with E-state index in [1.54, 1.807) is 49.4 Å². The van der Waals surface area contributed by atoms with E-state index in [9.17, 15) is 18.0 Å². The molecule has 0 heterocycles. The highest BCUT2D eigenvalue weighted by molar-refractivity contribution is 7.92. The van der Waals surface area contributed by atoms with E-state index in [-0.39, 0.29) is 29.1 Å². The van der Waals surface area contributed by atoms with Gasteiger partial charge in [0.2, 0.25) is 11.8 Å². The Balaban J connectivity index is 1.85. The van der Waals surface area contributed by atoms with Gasteiger partial charge in [0.1, 0.15) is 18.4 Å². The lowest BCUT2D eigenvalue weighted by molar-refractivity contribution is -0.140. The molecule has 0 aliphatic carbocycles. The molecule has 0 aliphatic heterocycles. The predicted molar refractivity (Wildman–Crippen MR) is 181 cm³/mol. The van der Waals surface area contributed by atoms with E-state index in [1.807, 2.05) is 58.0 Å².